The lowest BCUT2D eigenvalue weighted by Gasteiger charge is -1.98. The Bertz CT molecular complexity index is 259. The first-order valence-corrected chi connectivity index (χ1v) is 3.10. The summed E-state index contributed by atoms with van der Waals surface area (Å²) >= 11 is 0. The van der Waals surface area contributed by atoms with Gasteiger partial charge in [-0.3, -0.25) is 0 Å². The minimum Gasteiger partial charge on any atom is -0.472 e. The molecule has 0 aliphatic carbocycles. The fourth-order valence-corrected chi connectivity index (χ4v) is 0.598. The normalized spacial score (nSPS) is 9.18. The zero-order chi connectivity index (χ0) is 8.27. The predicted octanol–water partition coefficient (Wildman–Crippen LogP) is 1.97. The largest absolute Gasteiger partial charge is 0.472 e. The molecule has 1 aromatic rings. The van der Waals surface area contributed by atoms with Crippen molar-refractivity contribution in [1.29, 1.82) is 0 Å². The lowest BCUT2D eigenvalue weighted by molar-refractivity contribution is 0.0627. The van der Waals surface area contributed by atoms with E-state index >= 15 is 0 Å². The topological polar surface area (TPSA) is 39.4 Å². The van der Waals surface area contributed by atoms with Gasteiger partial charge in [0, 0.05) is 0 Å². The Labute approximate surface area is 64.3 Å². The SMILES string of the molecule is C=C(C)OC(=O)c1ccoc1. The van der Waals surface area contributed by atoms with Crippen LogP contribution in [0.15, 0.2) is 35.3 Å². The van der Waals surface area contributed by atoms with Crippen molar-refractivity contribution in [3.63, 3.8) is 0 Å². The van der Waals surface area contributed by atoms with Crippen molar-refractivity contribution < 1.29 is 13.9 Å². The smallest absolute Gasteiger partial charge is 0.346 e. The van der Waals surface area contributed by atoms with Gasteiger partial charge < -0.3 is 9.15 Å². The van der Waals surface area contributed by atoms with Crippen LogP contribution in [0.25, 0.3) is 0 Å². The fourth-order valence-electron chi connectivity index (χ4n) is 0.598. The fraction of sp³-hybridized carbons (Fsp3) is 0.125. The molecule has 0 N–H and O–H groups in total. The zero-order valence-electron chi connectivity index (χ0n) is 6.16. The summed E-state index contributed by atoms with van der Waals surface area (Å²) in [5.74, 6) is -0.0672. The van der Waals surface area contributed by atoms with E-state index in [4.69, 9.17) is 4.74 Å². The van der Waals surface area contributed by atoms with Crippen molar-refractivity contribution >= 4 is 5.97 Å². The Morgan fingerprint density at radius 1 is 1.73 bits per heavy atom. The van der Waals surface area contributed by atoms with Gasteiger partial charge in [-0.05, 0) is 13.0 Å². The number of esters is 1. The van der Waals surface area contributed by atoms with Gasteiger partial charge in [0.05, 0.1) is 17.6 Å². The van der Waals surface area contributed by atoms with E-state index in [2.05, 4.69) is 11.0 Å². The van der Waals surface area contributed by atoms with Crippen LogP contribution in [0.5, 0.6) is 0 Å². The molecule has 0 radical (unpaired) electrons. The molecule has 1 heterocycles. The Kier molecular flexibility index (Phi) is 2.11. The molecule has 1 rings (SSSR count). The molecule has 0 bridgehead atoms. The van der Waals surface area contributed by atoms with Crippen molar-refractivity contribution in [1.82, 2.24) is 0 Å². The van der Waals surface area contributed by atoms with Gasteiger partial charge in [-0.1, -0.05) is 6.58 Å². The van der Waals surface area contributed by atoms with Crippen LogP contribution in [0, 0.1) is 0 Å². The monoisotopic (exact) mass is 152 g/mol. The van der Waals surface area contributed by atoms with Crippen molar-refractivity contribution in [3.05, 3.63) is 36.5 Å². The second kappa shape index (κ2) is 3.05. The van der Waals surface area contributed by atoms with E-state index in [1.807, 2.05) is 0 Å². The Morgan fingerprint density at radius 2 is 2.45 bits per heavy atom. The minimum absolute atomic E-state index is 0.371. The summed E-state index contributed by atoms with van der Waals surface area (Å²) in [6.45, 7) is 5.04. The van der Waals surface area contributed by atoms with E-state index in [1.54, 1.807) is 6.92 Å². The third kappa shape index (κ3) is 1.97. The Morgan fingerprint density at radius 3 is 2.91 bits per heavy atom. The summed E-state index contributed by atoms with van der Waals surface area (Å²) in [5, 5.41) is 0. The molecule has 0 amide bonds. The van der Waals surface area contributed by atoms with E-state index in [9.17, 15) is 4.79 Å². The summed E-state index contributed by atoms with van der Waals surface area (Å²) in [7, 11) is 0. The molecule has 0 aromatic carbocycles. The second-order valence-electron chi connectivity index (χ2n) is 2.10. The van der Waals surface area contributed by atoms with Crippen molar-refractivity contribution in [2.24, 2.45) is 0 Å². The number of ether oxygens (including phenoxy) is 1. The summed E-state index contributed by atoms with van der Waals surface area (Å²) < 4.78 is 9.39. The molecule has 0 aliphatic heterocycles. The van der Waals surface area contributed by atoms with Gasteiger partial charge in [0.25, 0.3) is 0 Å². The van der Waals surface area contributed by atoms with Crippen molar-refractivity contribution in [2.45, 2.75) is 6.92 Å². The maximum atomic E-state index is 11.0. The molecule has 0 fully saturated rings. The third-order valence-electron chi connectivity index (χ3n) is 1.02. The van der Waals surface area contributed by atoms with Gasteiger partial charge in [-0.2, -0.15) is 0 Å². The first-order chi connectivity index (χ1) is 5.20. The molecule has 1 aromatic heterocycles. The van der Waals surface area contributed by atoms with Gasteiger partial charge in [0.15, 0.2) is 0 Å². The van der Waals surface area contributed by atoms with Gasteiger partial charge in [0.2, 0.25) is 0 Å². The van der Waals surface area contributed by atoms with Gasteiger partial charge in [-0.25, -0.2) is 4.79 Å². The van der Waals surface area contributed by atoms with Crippen LogP contribution in [-0.4, -0.2) is 5.97 Å². The lowest BCUT2D eigenvalue weighted by atomic mass is 10.3. The maximum absolute atomic E-state index is 11.0. The van der Waals surface area contributed by atoms with E-state index in [0.29, 0.717) is 11.3 Å². The Balaban J connectivity index is 2.64. The van der Waals surface area contributed by atoms with Gasteiger partial charge in [-0.15, -0.1) is 0 Å². The Hall–Kier alpha value is -1.51. The molecular weight excluding hydrogens is 144 g/mol. The average Bonchev–Trinajstić information content (AvgIpc) is 2.35. The third-order valence-corrected chi connectivity index (χ3v) is 1.02. The highest BCUT2D eigenvalue weighted by Crippen LogP contribution is 2.04. The van der Waals surface area contributed by atoms with Gasteiger partial charge in [0.1, 0.15) is 6.26 Å². The first-order valence-electron chi connectivity index (χ1n) is 3.10. The number of hydrogen-bond donors (Lipinski definition) is 0. The quantitative estimate of drug-likeness (QED) is 0.480. The highest BCUT2D eigenvalue weighted by atomic mass is 16.5. The molecule has 0 unspecified atom stereocenters. The second-order valence-corrected chi connectivity index (χ2v) is 2.10. The molecule has 11 heavy (non-hydrogen) atoms. The highest BCUT2D eigenvalue weighted by Gasteiger charge is 2.07. The standard InChI is InChI=1S/C8H8O3/c1-6(2)11-8(9)7-3-4-10-5-7/h3-5H,1H2,2H3. The summed E-state index contributed by atoms with van der Waals surface area (Å²) in [5.41, 5.74) is 0.396. The molecule has 0 aliphatic rings. The number of allylic oxidation sites excluding steroid dienone is 1. The van der Waals surface area contributed by atoms with Crippen LogP contribution in [0.3, 0.4) is 0 Å². The number of carbonyl (C=O) groups excluding carboxylic acids is 1. The van der Waals surface area contributed by atoms with Crippen LogP contribution in [0.1, 0.15) is 17.3 Å². The van der Waals surface area contributed by atoms with Crippen LogP contribution < -0.4 is 0 Å². The first kappa shape index (κ1) is 7.60. The zero-order valence-corrected chi connectivity index (χ0v) is 6.16. The number of carbonyl (C=O) groups is 1. The summed E-state index contributed by atoms with van der Waals surface area (Å²) in [6, 6.07) is 1.53. The molecular formula is C8H8O3. The molecule has 0 saturated heterocycles. The molecule has 3 nitrogen and oxygen atoms in total. The lowest BCUT2D eigenvalue weighted by Crippen LogP contribution is -2.00. The number of rotatable bonds is 2. The maximum Gasteiger partial charge on any atom is 0.346 e. The van der Waals surface area contributed by atoms with Crippen LogP contribution in [0.4, 0.5) is 0 Å². The number of furan rings is 1. The van der Waals surface area contributed by atoms with Crippen molar-refractivity contribution in [2.75, 3.05) is 0 Å². The predicted molar refractivity (Wildman–Crippen MR) is 38.9 cm³/mol. The summed E-state index contributed by atoms with van der Waals surface area (Å²) in [4.78, 5) is 11.0. The molecule has 3 heteroatoms. The molecule has 0 saturated carbocycles. The van der Waals surface area contributed by atoms with E-state index in [1.165, 1.54) is 18.6 Å². The van der Waals surface area contributed by atoms with Crippen LogP contribution >= 0.6 is 0 Å². The van der Waals surface area contributed by atoms with Crippen LogP contribution in [0.2, 0.25) is 0 Å². The highest BCUT2D eigenvalue weighted by molar-refractivity contribution is 5.89. The molecule has 0 spiro atoms. The molecule has 58 valence electrons. The van der Waals surface area contributed by atoms with E-state index in [-0.39, 0.29) is 0 Å². The minimum atomic E-state index is -0.439. The summed E-state index contributed by atoms with van der Waals surface area (Å²) in [6.07, 6.45) is 2.74. The average molecular weight is 152 g/mol. The molecule has 0 atom stereocenters. The van der Waals surface area contributed by atoms with E-state index < -0.39 is 5.97 Å². The number of hydrogen-bond acceptors (Lipinski definition) is 3. The van der Waals surface area contributed by atoms with Gasteiger partial charge >= 0.3 is 5.97 Å². The van der Waals surface area contributed by atoms with Crippen LogP contribution in [-0.2, 0) is 4.74 Å². The van der Waals surface area contributed by atoms with E-state index in [0.717, 1.165) is 0 Å². The van der Waals surface area contributed by atoms with Crippen molar-refractivity contribution in [3.8, 4) is 0 Å².